The smallest absolute Gasteiger partial charge is 0.0294 e. The third-order valence-corrected chi connectivity index (χ3v) is 4.55. The van der Waals surface area contributed by atoms with E-state index in [4.69, 9.17) is 5.73 Å². The van der Waals surface area contributed by atoms with Gasteiger partial charge in [-0.2, -0.15) is 0 Å². The highest BCUT2D eigenvalue weighted by Crippen LogP contribution is 2.49. The highest BCUT2D eigenvalue weighted by molar-refractivity contribution is 7.85. The summed E-state index contributed by atoms with van der Waals surface area (Å²) in [7, 11) is -0.636. The lowest BCUT2D eigenvalue weighted by Gasteiger charge is -2.14. The van der Waals surface area contributed by atoms with E-state index >= 15 is 0 Å². The number of hydrogen-bond acceptors (Lipinski definition) is 2. The average molecular weight is 189 g/mol. The zero-order valence-corrected chi connectivity index (χ0v) is 8.82. The van der Waals surface area contributed by atoms with Crippen LogP contribution in [0.5, 0.6) is 0 Å². The Morgan fingerprint density at radius 1 is 1.50 bits per heavy atom. The van der Waals surface area contributed by atoms with Gasteiger partial charge in [-0.15, -0.1) is 0 Å². The van der Waals surface area contributed by atoms with Crippen LogP contribution in [-0.2, 0) is 10.8 Å². The minimum absolute atomic E-state index is 0.306. The predicted molar refractivity (Wildman–Crippen MR) is 53.5 cm³/mol. The van der Waals surface area contributed by atoms with Crippen molar-refractivity contribution in [2.75, 3.05) is 12.3 Å². The number of nitrogens with two attached hydrogens (primary N) is 1. The van der Waals surface area contributed by atoms with Crippen LogP contribution >= 0.6 is 0 Å². The molecule has 1 aliphatic carbocycles. The van der Waals surface area contributed by atoms with Crippen LogP contribution in [0.4, 0.5) is 0 Å². The van der Waals surface area contributed by atoms with Crippen molar-refractivity contribution < 1.29 is 4.21 Å². The first-order valence-corrected chi connectivity index (χ1v) is 6.05. The van der Waals surface area contributed by atoms with Crippen molar-refractivity contribution in [3.05, 3.63) is 0 Å². The van der Waals surface area contributed by atoms with Gasteiger partial charge in [-0.3, -0.25) is 4.21 Å². The van der Waals surface area contributed by atoms with E-state index in [0.717, 1.165) is 18.7 Å². The number of hydrogen-bond donors (Lipinski definition) is 1. The molecule has 1 rings (SSSR count). The van der Waals surface area contributed by atoms with Crippen LogP contribution in [0.25, 0.3) is 0 Å². The molecule has 1 saturated carbocycles. The van der Waals surface area contributed by atoms with Gasteiger partial charge in [0.2, 0.25) is 0 Å². The third kappa shape index (κ3) is 2.56. The van der Waals surface area contributed by atoms with E-state index in [1.807, 2.05) is 13.8 Å². The lowest BCUT2D eigenvalue weighted by Crippen LogP contribution is -2.21. The quantitative estimate of drug-likeness (QED) is 0.708. The van der Waals surface area contributed by atoms with E-state index in [2.05, 4.69) is 0 Å². The highest BCUT2D eigenvalue weighted by Gasteiger charge is 2.43. The zero-order chi connectivity index (χ0) is 9.19. The van der Waals surface area contributed by atoms with Crippen LogP contribution in [0, 0.1) is 5.41 Å². The molecule has 0 radical (unpaired) electrons. The molecular weight excluding hydrogens is 170 g/mol. The van der Waals surface area contributed by atoms with Crippen molar-refractivity contribution >= 4 is 10.8 Å². The molecule has 1 fully saturated rings. The van der Waals surface area contributed by atoms with E-state index in [-0.39, 0.29) is 0 Å². The van der Waals surface area contributed by atoms with Crippen LogP contribution < -0.4 is 5.73 Å². The molecule has 0 aliphatic heterocycles. The van der Waals surface area contributed by atoms with Gasteiger partial charge in [0.05, 0.1) is 0 Å². The Balaban J connectivity index is 2.35. The molecule has 1 atom stereocenters. The molecular formula is C9H19NOS. The van der Waals surface area contributed by atoms with Crippen LogP contribution in [0.1, 0.15) is 33.1 Å². The summed E-state index contributed by atoms with van der Waals surface area (Å²) in [6.45, 7) is 4.79. The summed E-state index contributed by atoms with van der Waals surface area (Å²) in [5, 5.41) is 0.306. The van der Waals surface area contributed by atoms with E-state index in [1.54, 1.807) is 0 Å². The van der Waals surface area contributed by atoms with Gasteiger partial charge in [-0.1, -0.05) is 13.8 Å². The molecule has 1 aliphatic rings. The van der Waals surface area contributed by atoms with Crippen LogP contribution in [-0.4, -0.2) is 21.8 Å². The summed E-state index contributed by atoms with van der Waals surface area (Å²) in [5.41, 5.74) is 5.89. The van der Waals surface area contributed by atoms with Crippen LogP contribution in [0.2, 0.25) is 0 Å². The number of rotatable bonds is 5. The van der Waals surface area contributed by atoms with E-state index in [1.165, 1.54) is 12.8 Å². The fourth-order valence-corrected chi connectivity index (χ4v) is 2.79. The Morgan fingerprint density at radius 3 is 2.42 bits per heavy atom. The molecule has 0 heterocycles. The van der Waals surface area contributed by atoms with Crippen molar-refractivity contribution in [3.63, 3.8) is 0 Å². The second-order valence-corrected chi connectivity index (χ2v) is 6.11. The first-order valence-electron chi connectivity index (χ1n) is 4.67. The van der Waals surface area contributed by atoms with Crippen molar-refractivity contribution in [2.24, 2.45) is 11.1 Å². The summed E-state index contributed by atoms with van der Waals surface area (Å²) in [6, 6.07) is 0. The molecule has 0 aromatic rings. The minimum atomic E-state index is -0.636. The Morgan fingerprint density at radius 2 is 2.08 bits per heavy atom. The second kappa shape index (κ2) is 3.88. The standard InChI is InChI=1S/C9H19NOS/c1-8(2)12(11)7-9(3-4-9)5-6-10/h8H,3-7,10H2,1-2H3. The summed E-state index contributed by atoms with van der Waals surface area (Å²) in [4.78, 5) is 0. The topological polar surface area (TPSA) is 43.1 Å². The van der Waals surface area contributed by atoms with Crippen molar-refractivity contribution in [3.8, 4) is 0 Å². The van der Waals surface area contributed by atoms with Gasteiger partial charge < -0.3 is 5.73 Å². The molecule has 1 unspecified atom stereocenters. The fraction of sp³-hybridized carbons (Fsp3) is 1.00. The first kappa shape index (κ1) is 10.2. The molecule has 0 spiro atoms. The molecule has 0 amide bonds. The van der Waals surface area contributed by atoms with Crippen molar-refractivity contribution in [2.45, 2.75) is 38.4 Å². The maximum atomic E-state index is 11.5. The zero-order valence-electron chi connectivity index (χ0n) is 8.01. The summed E-state index contributed by atoms with van der Waals surface area (Å²) < 4.78 is 11.5. The van der Waals surface area contributed by atoms with E-state index in [0.29, 0.717) is 10.7 Å². The SMILES string of the molecule is CC(C)S(=O)CC1(CCN)CC1. The van der Waals surface area contributed by atoms with Gasteiger partial charge in [0.25, 0.3) is 0 Å². The van der Waals surface area contributed by atoms with Gasteiger partial charge in [-0.05, 0) is 31.2 Å². The fourth-order valence-electron chi connectivity index (χ4n) is 1.42. The largest absolute Gasteiger partial charge is 0.330 e. The lowest BCUT2D eigenvalue weighted by atomic mass is 10.1. The second-order valence-electron chi connectivity index (χ2n) is 4.11. The minimum Gasteiger partial charge on any atom is -0.330 e. The maximum Gasteiger partial charge on any atom is 0.0294 e. The lowest BCUT2D eigenvalue weighted by molar-refractivity contribution is 0.527. The molecule has 3 heteroatoms. The van der Waals surface area contributed by atoms with E-state index < -0.39 is 10.8 Å². The Labute approximate surface area is 77.4 Å². The van der Waals surface area contributed by atoms with Crippen LogP contribution in [0.15, 0.2) is 0 Å². The van der Waals surface area contributed by atoms with E-state index in [9.17, 15) is 4.21 Å². The predicted octanol–water partition coefficient (Wildman–Crippen LogP) is 1.27. The maximum absolute atomic E-state index is 11.5. The third-order valence-electron chi connectivity index (χ3n) is 2.61. The van der Waals surface area contributed by atoms with Crippen molar-refractivity contribution in [1.29, 1.82) is 0 Å². The van der Waals surface area contributed by atoms with Gasteiger partial charge in [0.1, 0.15) is 0 Å². The molecule has 2 nitrogen and oxygen atoms in total. The molecule has 2 N–H and O–H groups in total. The Kier molecular flexibility index (Phi) is 3.29. The van der Waals surface area contributed by atoms with Gasteiger partial charge >= 0.3 is 0 Å². The summed E-state index contributed by atoms with van der Waals surface area (Å²) in [5.74, 6) is 0.877. The summed E-state index contributed by atoms with van der Waals surface area (Å²) >= 11 is 0. The van der Waals surface area contributed by atoms with Gasteiger partial charge in [0, 0.05) is 21.8 Å². The molecule has 0 bridgehead atoms. The molecule has 12 heavy (non-hydrogen) atoms. The monoisotopic (exact) mass is 189 g/mol. The van der Waals surface area contributed by atoms with Crippen LogP contribution in [0.3, 0.4) is 0 Å². The molecule has 0 aromatic carbocycles. The van der Waals surface area contributed by atoms with Crippen molar-refractivity contribution in [1.82, 2.24) is 0 Å². The molecule has 0 aromatic heterocycles. The Hall–Kier alpha value is 0.110. The van der Waals surface area contributed by atoms with Gasteiger partial charge in [-0.25, -0.2) is 0 Å². The van der Waals surface area contributed by atoms with Gasteiger partial charge in [0.15, 0.2) is 0 Å². The molecule has 72 valence electrons. The first-order chi connectivity index (χ1) is 5.59. The Bertz CT molecular complexity index is 175. The average Bonchev–Trinajstić information content (AvgIpc) is 2.69. The molecule has 0 saturated heterocycles. The summed E-state index contributed by atoms with van der Waals surface area (Å²) in [6.07, 6.45) is 3.54. The normalized spacial score (nSPS) is 22.7. The highest BCUT2D eigenvalue weighted by atomic mass is 32.2.